The molecule has 3 nitrogen and oxygen atoms in total. The Kier molecular flexibility index (Phi) is 4.92. The second kappa shape index (κ2) is 6.77. The quantitative estimate of drug-likeness (QED) is 0.886. The minimum Gasteiger partial charge on any atom is -0.430 e. The lowest BCUT2D eigenvalue weighted by atomic mass is 9.86. The van der Waals surface area contributed by atoms with Gasteiger partial charge >= 0.3 is 6.61 Å². The second-order valence-electron chi connectivity index (χ2n) is 6.30. The lowest BCUT2D eigenvalue weighted by molar-refractivity contribution is -0.0521. The van der Waals surface area contributed by atoms with Crippen molar-refractivity contribution < 1.29 is 17.9 Å². The lowest BCUT2D eigenvalue weighted by Crippen LogP contribution is -2.62. The highest BCUT2D eigenvalue weighted by molar-refractivity contribution is 6.32. The Morgan fingerprint density at radius 1 is 1.30 bits per heavy atom. The minimum atomic E-state index is -3.10. The monoisotopic (exact) mass is 348 g/mol. The van der Waals surface area contributed by atoms with E-state index in [1.54, 1.807) is 0 Å². The Bertz CT molecular complexity index is 549. The highest BCUT2D eigenvalue weighted by atomic mass is 35.5. The van der Waals surface area contributed by atoms with Gasteiger partial charge in [0.25, 0.3) is 0 Å². The molecule has 23 heavy (non-hydrogen) atoms. The van der Waals surface area contributed by atoms with Crippen molar-refractivity contribution in [1.29, 1.82) is 0 Å². The Labute approximate surface area is 138 Å². The SMILES string of the molecule is C[C@@H]1CN(c2cc(F)c(OC(F)F)c(Cl)c2)[C@H]2CCCC[C@@H]2N1. The van der Waals surface area contributed by atoms with Gasteiger partial charge in [-0.3, -0.25) is 0 Å². The third kappa shape index (κ3) is 3.53. The van der Waals surface area contributed by atoms with Crippen molar-refractivity contribution in [3.8, 4) is 5.75 Å². The molecule has 1 aliphatic heterocycles. The Hall–Kier alpha value is -1.14. The predicted molar refractivity (Wildman–Crippen MR) is 84.0 cm³/mol. The van der Waals surface area contributed by atoms with Gasteiger partial charge in [0.2, 0.25) is 0 Å². The fourth-order valence-corrected chi connectivity index (χ4v) is 3.98. The zero-order chi connectivity index (χ0) is 16.6. The molecule has 0 aromatic heterocycles. The van der Waals surface area contributed by atoms with Gasteiger partial charge in [-0.25, -0.2) is 4.39 Å². The number of ether oxygens (including phenoxy) is 1. The van der Waals surface area contributed by atoms with E-state index in [2.05, 4.69) is 21.9 Å². The maximum Gasteiger partial charge on any atom is 0.387 e. The molecule has 1 saturated heterocycles. The third-order valence-corrected chi connectivity index (χ3v) is 4.90. The van der Waals surface area contributed by atoms with E-state index < -0.39 is 18.2 Å². The first-order valence-corrected chi connectivity index (χ1v) is 8.30. The molecule has 1 aromatic rings. The normalized spacial score (nSPS) is 27.9. The number of rotatable bonds is 3. The van der Waals surface area contributed by atoms with E-state index >= 15 is 0 Å². The van der Waals surface area contributed by atoms with E-state index in [1.165, 1.54) is 18.6 Å². The van der Waals surface area contributed by atoms with Crippen LogP contribution in [0.5, 0.6) is 5.75 Å². The summed E-state index contributed by atoms with van der Waals surface area (Å²) in [6.45, 7) is -0.287. The summed E-state index contributed by atoms with van der Waals surface area (Å²) in [5.41, 5.74) is 0.624. The number of halogens is 4. The summed E-state index contributed by atoms with van der Waals surface area (Å²) >= 11 is 5.97. The molecule has 1 aromatic carbocycles. The summed E-state index contributed by atoms with van der Waals surface area (Å²) in [6, 6.07) is 3.68. The van der Waals surface area contributed by atoms with E-state index in [-0.39, 0.29) is 17.1 Å². The van der Waals surface area contributed by atoms with Crippen LogP contribution in [-0.4, -0.2) is 31.3 Å². The fourth-order valence-electron chi connectivity index (χ4n) is 3.74. The van der Waals surface area contributed by atoms with E-state index in [9.17, 15) is 13.2 Å². The number of hydrogen-bond acceptors (Lipinski definition) is 3. The summed E-state index contributed by atoms with van der Waals surface area (Å²) in [4.78, 5) is 2.14. The van der Waals surface area contributed by atoms with Gasteiger partial charge < -0.3 is 15.0 Å². The first kappa shape index (κ1) is 16.7. The van der Waals surface area contributed by atoms with Gasteiger partial charge in [-0.15, -0.1) is 0 Å². The maximum atomic E-state index is 14.2. The number of anilines is 1. The van der Waals surface area contributed by atoms with Crippen molar-refractivity contribution in [2.45, 2.75) is 57.3 Å². The molecular formula is C16H20ClF3N2O. The van der Waals surface area contributed by atoms with E-state index in [1.807, 2.05) is 0 Å². The van der Waals surface area contributed by atoms with E-state index in [0.29, 0.717) is 11.7 Å². The van der Waals surface area contributed by atoms with Crippen molar-refractivity contribution in [3.05, 3.63) is 23.0 Å². The van der Waals surface area contributed by atoms with Crippen molar-refractivity contribution >= 4 is 17.3 Å². The fraction of sp³-hybridized carbons (Fsp3) is 0.625. The Morgan fingerprint density at radius 2 is 2.04 bits per heavy atom. The molecule has 128 valence electrons. The zero-order valence-electron chi connectivity index (χ0n) is 12.9. The average Bonchev–Trinajstić information content (AvgIpc) is 2.49. The minimum absolute atomic E-state index is 0.126. The van der Waals surface area contributed by atoms with Crippen LogP contribution in [0.4, 0.5) is 18.9 Å². The van der Waals surface area contributed by atoms with Crippen LogP contribution in [0.2, 0.25) is 5.02 Å². The first-order chi connectivity index (χ1) is 11.0. The van der Waals surface area contributed by atoms with Crippen LogP contribution in [-0.2, 0) is 0 Å². The molecule has 1 saturated carbocycles. The smallest absolute Gasteiger partial charge is 0.387 e. The summed E-state index contributed by atoms with van der Waals surface area (Å²) in [5, 5.41) is 3.47. The topological polar surface area (TPSA) is 24.5 Å². The summed E-state index contributed by atoms with van der Waals surface area (Å²) in [6.07, 6.45) is 4.44. The lowest BCUT2D eigenvalue weighted by Gasteiger charge is -2.48. The molecule has 0 unspecified atom stereocenters. The molecule has 3 rings (SSSR count). The van der Waals surface area contributed by atoms with Crippen molar-refractivity contribution in [2.24, 2.45) is 0 Å². The van der Waals surface area contributed by atoms with Gasteiger partial charge in [-0.1, -0.05) is 24.4 Å². The van der Waals surface area contributed by atoms with Gasteiger partial charge in [0, 0.05) is 36.4 Å². The number of fused-ring (bicyclic) bond motifs is 1. The van der Waals surface area contributed by atoms with Crippen LogP contribution in [0.25, 0.3) is 0 Å². The van der Waals surface area contributed by atoms with Crippen LogP contribution in [0.15, 0.2) is 12.1 Å². The molecule has 0 bridgehead atoms. The highest BCUT2D eigenvalue weighted by Gasteiger charge is 2.36. The van der Waals surface area contributed by atoms with Crippen LogP contribution in [0.1, 0.15) is 32.6 Å². The summed E-state index contributed by atoms with van der Waals surface area (Å²) in [5.74, 6) is -1.44. The molecule has 1 N–H and O–H groups in total. The Morgan fingerprint density at radius 3 is 2.74 bits per heavy atom. The predicted octanol–water partition coefficient (Wildman–Crippen LogP) is 4.19. The summed E-state index contributed by atoms with van der Waals surface area (Å²) < 4.78 is 43.0. The average molecular weight is 349 g/mol. The van der Waals surface area contributed by atoms with Gasteiger partial charge in [-0.2, -0.15) is 8.78 Å². The Balaban J connectivity index is 1.90. The maximum absolute atomic E-state index is 14.2. The molecule has 1 aliphatic carbocycles. The molecule has 3 atom stereocenters. The van der Waals surface area contributed by atoms with Crippen molar-refractivity contribution in [2.75, 3.05) is 11.4 Å². The van der Waals surface area contributed by atoms with E-state index in [0.717, 1.165) is 25.8 Å². The van der Waals surface area contributed by atoms with Gasteiger partial charge in [0.1, 0.15) is 0 Å². The van der Waals surface area contributed by atoms with Gasteiger partial charge in [0.15, 0.2) is 11.6 Å². The van der Waals surface area contributed by atoms with Crippen LogP contribution >= 0.6 is 11.6 Å². The number of alkyl halides is 2. The van der Waals surface area contributed by atoms with Crippen LogP contribution < -0.4 is 15.0 Å². The summed E-state index contributed by atoms with van der Waals surface area (Å²) in [7, 11) is 0. The molecule has 0 amide bonds. The molecular weight excluding hydrogens is 329 g/mol. The van der Waals surface area contributed by atoms with E-state index in [4.69, 9.17) is 11.6 Å². The van der Waals surface area contributed by atoms with Crippen molar-refractivity contribution in [1.82, 2.24) is 5.32 Å². The first-order valence-electron chi connectivity index (χ1n) is 7.92. The van der Waals surface area contributed by atoms with Crippen LogP contribution in [0.3, 0.4) is 0 Å². The largest absolute Gasteiger partial charge is 0.430 e. The number of benzene rings is 1. The molecule has 7 heteroatoms. The molecule has 0 spiro atoms. The second-order valence-corrected chi connectivity index (χ2v) is 6.70. The van der Waals surface area contributed by atoms with Crippen molar-refractivity contribution in [3.63, 3.8) is 0 Å². The standard InChI is InChI=1S/C16H20ClF3N2O/c1-9-8-22(14-5-3-2-4-13(14)21-9)10-6-11(17)15(12(18)7-10)23-16(19)20/h6-7,9,13-14,16,21H,2-5,8H2,1H3/t9-,13+,14+/m1/s1. The molecule has 0 radical (unpaired) electrons. The number of piperazine rings is 1. The van der Waals surface area contributed by atoms with Gasteiger partial charge in [0.05, 0.1) is 5.02 Å². The van der Waals surface area contributed by atoms with Crippen LogP contribution in [0, 0.1) is 5.82 Å². The highest BCUT2D eigenvalue weighted by Crippen LogP contribution is 2.37. The number of nitrogens with one attached hydrogen (secondary N) is 1. The molecule has 2 aliphatic rings. The third-order valence-electron chi connectivity index (χ3n) is 4.62. The number of nitrogens with zero attached hydrogens (tertiary/aromatic N) is 1. The molecule has 1 heterocycles. The van der Waals surface area contributed by atoms with Gasteiger partial charge in [-0.05, 0) is 25.8 Å². The molecule has 2 fully saturated rings. The zero-order valence-corrected chi connectivity index (χ0v) is 13.6. The number of hydrogen-bond donors (Lipinski definition) is 1.